The molecule has 1 N–H and O–H groups in total. The summed E-state index contributed by atoms with van der Waals surface area (Å²) in [5.74, 6) is 0.176. The maximum absolute atomic E-state index is 12.0. The summed E-state index contributed by atoms with van der Waals surface area (Å²) in [6.07, 6.45) is -0.118. The van der Waals surface area contributed by atoms with Crippen molar-refractivity contribution < 1.29 is 26.9 Å². The van der Waals surface area contributed by atoms with Gasteiger partial charge in [-0.15, -0.1) is 0 Å². The van der Waals surface area contributed by atoms with Crippen molar-refractivity contribution in [2.45, 2.75) is 39.1 Å². The monoisotopic (exact) mass is 421 g/mol. The van der Waals surface area contributed by atoms with Gasteiger partial charge in [0.1, 0.15) is 17.5 Å². The molecule has 1 amide bonds. The Morgan fingerprint density at radius 2 is 1.76 bits per heavy atom. The van der Waals surface area contributed by atoms with Crippen molar-refractivity contribution in [1.29, 1.82) is 0 Å². The van der Waals surface area contributed by atoms with E-state index in [9.17, 15) is 13.2 Å². The number of alkyl carbamates (subject to hydrolysis) is 1. The Kier molecular flexibility index (Phi) is 7.64. The van der Waals surface area contributed by atoms with Crippen LogP contribution in [0.4, 0.5) is 4.79 Å². The molecule has 0 saturated carbocycles. The molecule has 2 aromatic carbocycles. The molecule has 1 unspecified atom stereocenters. The molecular weight excluding hydrogens is 394 g/mol. The molecule has 0 heterocycles. The molecule has 1 atom stereocenters. The average molecular weight is 422 g/mol. The molecule has 158 valence electrons. The van der Waals surface area contributed by atoms with Gasteiger partial charge in [-0.05, 0) is 44.0 Å². The van der Waals surface area contributed by atoms with Crippen LogP contribution in [0.5, 0.6) is 5.75 Å². The second-order valence-corrected chi connectivity index (χ2v) is 9.10. The first-order valence-corrected chi connectivity index (χ1v) is 11.0. The van der Waals surface area contributed by atoms with Gasteiger partial charge in [-0.3, -0.25) is 0 Å². The van der Waals surface area contributed by atoms with Crippen molar-refractivity contribution in [2.75, 3.05) is 12.8 Å². The van der Waals surface area contributed by atoms with Gasteiger partial charge in [0.2, 0.25) is 0 Å². The average Bonchev–Trinajstić information content (AvgIpc) is 2.60. The molecule has 0 aromatic heterocycles. The number of carbonyl (C=O) groups excluding carboxylic acids is 1. The molecule has 0 fully saturated rings. The van der Waals surface area contributed by atoms with E-state index in [-0.39, 0.29) is 12.3 Å². The largest absolute Gasteiger partial charge is 0.444 e. The molecule has 2 rings (SSSR count). The quantitative estimate of drug-likeness (QED) is 0.652. The zero-order valence-electron chi connectivity index (χ0n) is 17.0. The van der Waals surface area contributed by atoms with Crippen molar-refractivity contribution in [1.82, 2.24) is 5.32 Å². The summed E-state index contributed by atoms with van der Waals surface area (Å²) in [5, 5.41) is 2.70. The molecule has 0 aliphatic rings. The van der Waals surface area contributed by atoms with Gasteiger partial charge in [-0.1, -0.05) is 42.5 Å². The Morgan fingerprint density at radius 3 is 2.38 bits per heavy atom. The lowest BCUT2D eigenvalue weighted by molar-refractivity contribution is 0.0273. The van der Waals surface area contributed by atoms with E-state index in [0.717, 1.165) is 11.8 Å². The molecule has 2 aromatic rings. The first kappa shape index (κ1) is 22.7. The first-order valence-electron chi connectivity index (χ1n) is 9.14. The van der Waals surface area contributed by atoms with Gasteiger partial charge in [-0.2, -0.15) is 8.42 Å². The zero-order valence-corrected chi connectivity index (χ0v) is 17.9. The van der Waals surface area contributed by atoms with Crippen LogP contribution in [-0.4, -0.2) is 32.9 Å². The van der Waals surface area contributed by atoms with E-state index in [1.54, 1.807) is 45.0 Å². The number of hydrogen-bond acceptors (Lipinski definition) is 6. The summed E-state index contributed by atoms with van der Waals surface area (Å²) in [7, 11) is -3.65. The Labute approximate surface area is 172 Å². The molecule has 8 heteroatoms. The summed E-state index contributed by atoms with van der Waals surface area (Å²) in [6, 6.07) is 16.2. The van der Waals surface area contributed by atoms with Crippen LogP contribution in [0.25, 0.3) is 0 Å². The molecule has 0 saturated heterocycles. The van der Waals surface area contributed by atoms with Crippen LogP contribution in [0.3, 0.4) is 0 Å². The van der Waals surface area contributed by atoms with Crippen molar-refractivity contribution >= 4 is 16.2 Å². The van der Waals surface area contributed by atoms with Crippen LogP contribution in [0.15, 0.2) is 54.6 Å². The molecular formula is C21H27NO6S. The molecule has 0 radical (unpaired) electrons. The molecule has 0 spiro atoms. The second kappa shape index (κ2) is 9.76. The minimum absolute atomic E-state index is 0.143. The number of ether oxygens (including phenoxy) is 2. The molecule has 7 nitrogen and oxygen atoms in total. The Bertz CT molecular complexity index is 906. The van der Waals surface area contributed by atoms with Crippen LogP contribution < -0.4 is 9.50 Å². The summed E-state index contributed by atoms with van der Waals surface area (Å²) < 4.78 is 39.0. The third kappa shape index (κ3) is 8.97. The van der Waals surface area contributed by atoms with E-state index >= 15 is 0 Å². The number of rotatable bonds is 8. The van der Waals surface area contributed by atoms with Gasteiger partial charge >= 0.3 is 16.2 Å². The van der Waals surface area contributed by atoms with Gasteiger partial charge < -0.3 is 19.0 Å². The normalized spacial score (nSPS) is 12.8. The summed E-state index contributed by atoms with van der Waals surface area (Å²) in [4.78, 5) is 12.0. The third-order valence-electron chi connectivity index (χ3n) is 3.60. The highest BCUT2D eigenvalue weighted by molar-refractivity contribution is 7.86. The highest BCUT2D eigenvalue weighted by Gasteiger charge is 2.19. The molecule has 29 heavy (non-hydrogen) atoms. The standard InChI is InChI=1S/C21H27NO6S/c1-21(2,3)27-20(23)22-14-19(26-15-16-9-6-5-7-10-16)17-11-8-12-18(13-17)28-29(4,24)25/h5-13,19H,14-15H2,1-4H3,(H,22,23). The smallest absolute Gasteiger partial charge is 0.407 e. The number of benzene rings is 2. The fourth-order valence-corrected chi connectivity index (χ4v) is 2.93. The molecule has 0 aliphatic carbocycles. The second-order valence-electron chi connectivity index (χ2n) is 7.53. The first-order chi connectivity index (χ1) is 13.5. The maximum atomic E-state index is 12.0. The van der Waals surface area contributed by atoms with Gasteiger partial charge in [0, 0.05) is 0 Å². The lowest BCUT2D eigenvalue weighted by Gasteiger charge is -2.23. The van der Waals surface area contributed by atoms with Gasteiger partial charge in [-0.25, -0.2) is 4.79 Å². The predicted molar refractivity (Wildman–Crippen MR) is 110 cm³/mol. The number of carbonyl (C=O) groups is 1. The number of amides is 1. The topological polar surface area (TPSA) is 90.9 Å². The zero-order chi connectivity index (χ0) is 21.5. The lowest BCUT2D eigenvalue weighted by Crippen LogP contribution is -2.35. The van der Waals surface area contributed by atoms with Crippen molar-refractivity contribution in [3.8, 4) is 5.75 Å². The summed E-state index contributed by atoms with van der Waals surface area (Å²) >= 11 is 0. The van der Waals surface area contributed by atoms with E-state index < -0.39 is 27.9 Å². The van der Waals surface area contributed by atoms with Crippen LogP contribution in [0.2, 0.25) is 0 Å². The fraction of sp³-hybridized carbons (Fsp3) is 0.381. The van der Waals surface area contributed by atoms with Gasteiger partial charge in [0.15, 0.2) is 0 Å². The Morgan fingerprint density at radius 1 is 1.07 bits per heavy atom. The van der Waals surface area contributed by atoms with E-state index in [4.69, 9.17) is 13.7 Å². The van der Waals surface area contributed by atoms with Crippen molar-refractivity contribution in [3.63, 3.8) is 0 Å². The molecule has 0 aliphatic heterocycles. The number of nitrogens with one attached hydrogen (secondary N) is 1. The summed E-state index contributed by atoms with van der Waals surface area (Å²) in [5.41, 5.74) is 1.02. The van der Waals surface area contributed by atoms with Crippen LogP contribution in [-0.2, 0) is 26.2 Å². The number of hydrogen-bond donors (Lipinski definition) is 1. The van der Waals surface area contributed by atoms with Crippen molar-refractivity contribution in [3.05, 3.63) is 65.7 Å². The van der Waals surface area contributed by atoms with E-state index in [1.807, 2.05) is 30.3 Å². The maximum Gasteiger partial charge on any atom is 0.407 e. The highest BCUT2D eigenvalue weighted by atomic mass is 32.2. The minimum atomic E-state index is -3.65. The molecule has 0 bridgehead atoms. The van der Waals surface area contributed by atoms with Crippen LogP contribution >= 0.6 is 0 Å². The van der Waals surface area contributed by atoms with Crippen LogP contribution in [0.1, 0.15) is 38.0 Å². The van der Waals surface area contributed by atoms with Gasteiger partial charge in [0.05, 0.1) is 19.4 Å². The SMILES string of the molecule is CC(C)(C)OC(=O)NCC(OCc1ccccc1)c1cccc(OS(C)(=O)=O)c1. The van der Waals surface area contributed by atoms with Crippen molar-refractivity contribution in [2.24, 2.45) is 0 Å². The van der Waals surface area contributed by atoms with Gasteiger partial charge in [0.25, 0.3) is 0 Å². The predicted octanol–water partition coefficient (Wildman–Crippen LogP) is 3.81. The van der Waals surface area contributed by atoms with E-state index in [2.05, 4.69) is 5.32 Å². The Hall–Kier alpha value is -2.58. The van der Waals surface area contributed by atoms with Crippen LogP contribution in [0, 0.1) is 0 Å². The lowest BCUT2D eigenvalue weighted by atomic mass is 10.1. The minimum Gasteiger partial charge on any atom is -0.444 e. The summed E-state index contributed by atoms with van der Waals surface area (Å²) in [6.45, 7) is 5.80. The van der Waals surface area contributed by atoms with E-state index in [0.29, 0.717) is 12.2 Å². The highest BCUT2D eigenvalue weighted by Crippen LogP contribution is 2.24. The Balaban J connectivity index is 2.15. The van der Waals surface area contributed by atoms with E-state index in [1.165, 1.54) is 0 Å². The fourth-order valence-electron chi connectivity index (χ4n) is 2.48. The third-order valence-corrected chi connectivity index (χ3v) is 4.10.